The SMILES string of the molecule is CS(=O)(=O)N1CCCC(CN(CCBr)CC(F)(F)F)C1. The Morgan fingerprint density at radius 2 is 2.05 bits per heavy atom. The Morgan fingerprint density at radius 3 is 2.55 bits per heavy atom. The molecule has 120 valence electrons. The van der Waals surface area contributed by atoms with Crippen molar-refractivity contribution in [3.8, 4) is 0 Å². The predicted octanol–water partition coefficient (Wildman–Crippen LogP) is 1.92. The minimum absolute atomic E-state index is 0.0418. The maximum atomic E-state index is 12.5. The highest BCUT2D eigenvalue weighted by Gasteiger charge is 2.33. The summed E-state index contributed by atoms with van der Waals surface area (Å²) in [6, 6.07) is 0. The minimum Gasteiger partial charge on any atom is -0.294 e. The van der Waals surface area contributed by atoms with Crippen molar-refractivity contribution in [3.05, 3.63) is 0 Å². The number of rotatable bonds is 6. The third kappa shape index (κ3) is 6.73. The molecule has 0 amide bonds. The fraction of sp³-hybridized carbons (Fsp3) is 1.00. The molecule has 9 heteroatoms. The zero-order valence-electron chi connectivity index (χ0n) is 11.4. The van der Waals surface area contributed by atoms with E-state index in [2.05, 4.69) is 15.9 Å². The van der Waals surface area contributed by atoms with Gasteiger partial charge < -0.3 is 0 Å². The standard InChI is InChI=1S/C11H20BrF3N2O2S/c1-20(18,19)17-5-2-3-10(8-17)7-16(6-4-12)9-11(13,14)15/h10H,2-9H2,1H3. The molecule has 0 aliphatic carbocycles. The first-order chi connectivity index (χ1) is 9.12. The molecule has 1 rings (SSSR count). The van der Waals surface area contributed by atoms with E-state index in [0.29, 0.717) is 31.4 Å². The first kappa shape index (κ1) is 18.2. The monoisotopic (exact) mass is 380 g/mol. The molecule has 4 nitrogen and oxygen atoms in total. The van der Waals surface area contributed by atoms with Crippen molar-refractivity contribution in [3.63, 3.8) is 0 Å². The van der Waals surface area contributed by atoms with Crippen LogP contribution in [0.25, 0.3) is 0 Å². The summed E-state index contributed by atoms with van der Waals surface area (Å²) in [7, 11) is -3.26. The molecule has 0 radical (unpaired) electrons. The number of sulfonamides is 1. The second-order valence-electron chi connectivity index (χ2n) is 5.17. The van der Waals surface area contributed by atoms with E-state index < -0.39 is 22.7 Å². The third-order valence-electron chi connectivity index (χ3n) is 3.27. The topological polar surface area (TPSA) is 40.6 Å². The van der Waals surface area contributed by atoms with Crippen molar-refractivity contribution in [2.45, 2.75) is 19.0 Å². The van der Waals surface area contributed by atoms with Crippen LogP contribution in [0.4, 0.5) is 13.2 Å². The fourth-order valence-electron chi connectivity index (χ4n) is 2.45. The van der Waals surface area contributed by atoms with Crippen LogP contribution in [-0.2, 0) is 10.0 Å². The Kier molecular flexibility index (Phi) is 6.75. The molecule has 1 aliphatic heterocycles. The lowest BCUT2D eigenvalue weighted by Crippen LogP contribution is -2.45. The van der Waals surface area contributed by atoms with E-state index in [0.717, 1.165) is 12.7 Å². The largest absolute Gasteiger partial charge is 0.401 e. The van der Waals surface area contributed by atoms with Gasteiger partial charge in [0.05, 0.1) is 12.8 Å². The maximum Gasteiger partial charge on any atom is 0.401 e. The lowest BCUT2D eigenvalue weighted by atomic mass is 9.99. The average Bonchev–Trinajstić information content (AvgIpc) is 2.26. The molecule has 1 fully saturated rings. The van der Waals surface area contributed by atoms with Gasteiger partial charge in [-0.3, -0.25) is 4.90 Å². The zero-order valence-corrected chi connectivity index (χ0v) is 13.8. The molecule has 0 N–H and O–H groups in total. The third-order valence-corrected chi connectivity index (χ3v) is 4.90. The molecular weight excluding hydrogens is 361 g/mol. The van der Waals surface area contributed by atoms with Gasteiger partial charge in [-0.25, -0.2) is 12.7 Å². The van der Waals surface area contributed by atoms with Gasteiger partial charge in [-0.1, -0.05) is 15.9 Å². The van der Waals surface area contributed by atoms with Crippen LogP contribution in [0.2, 0.25) is 0 Å². The van der Waals surface area contributed by atoms with Crippen LogP contribution in [0.3, 0.4) is 0 Å². The van der Waals surface area contributed by atoms with Crippen LogP contribution in [0.1, 0.15) is 12.8 Å². The molecule has 20 heavy (non-hydrogen) atoms. The van der Waals surface area contributed by atoms with Gasteiger partial charge in [-0.2, -0.15) is 13.2 Å². The molecule has 0 aromatic carbocycles. The van der Waals surface area contributed by atoms with E-state index in [9.17, 15) is 21.6 Å². The zero-order chi connectivity index (χ0) is 15.4. The first-order valence-electron chi connectivity index (χ1n) is 6.42. The summed E-state index contributed by atoms with van der Waals surface area (Å²) in [5.74, 6) is -0.0418. The van der Waals surface area contributed by atoms with Crippen molar-refractivity contribution in [2.75, 3.05) is 44.3 Å². The predicted molar refractivity (Wildman–Crippen MR) is 75.4 cm³/mol. The average molecular weight is 381 g/mol. The Labute approximate surface area is 126 Å². The number of alkyl halides is 4. The van der Waals surface area contributed by atoms with Gasteiger partial charge in [0, 0.05) is 31.5 Å². The first-order valence-corrected chi connectivity index (χ1v) is 9.39. The number of halogens is 4. The van der Waals surface area contributed by atoms with E-state index in [1.807, 2.05) is 0 Å². The number of nitrogens with zero attached hydrogens (tertiary/aromatic N) is 2. The Morgan fingerprint density at radius 1 is 1.40 bits per heavy atom. The van der Waals surface area contributed by atoms with Crippen LogP contribution < -0.4 is 0 Å². The summed E-state index contributed by atoms with van der Waals surface area (Å²) in [4.78, 5) is 1.34. The summed E-state index contributed by atoms with van der Waals surface area (Å²) in [5.41, 5.74) is 0. The number of hydrogen-bond acceptors (Lipinski definition) is 3. The van der Waals surface area contributed by atoms with E-state index in [-0.39, 0.29) is 12.5 Å². The van der Waals surface area contributed by atoms with Gasteiger partial charge in [0.2, 0.25) is 10.0 Å². The molecule has 0 aromatic rings. The molecule has 1 heterocycles. The van der Waals surface area contributed by atoms with Crippen molar-refractivity contribution in [1.29, 1.82) is 0 Å². The molecule has 0 saturated carbocycles. The highest BCUT2D eigenvalue weighted by atomic mass is 79.9. The molecule has 1 unspecified atom stereocenters. The van der Waals surface area contributed by atoms with E-state index in [1.54, 1.807) is 0 Å². The smallest absolute Gasteiger partial charge is 0.294 e. The van der Waals surface area contributed by atoms with Gasteiger partial charge in [0.15, 0.2) is 0 Å². The van der Waals surface area contributed by atoms with Gasteiger partial charge in [-0.15, -0.1) is 0 Å². The van der Waals surface area contributed by atoms with Crippen molar-refractivity contribution < 1.29 is 21.6 Å². The Hall–Kier alpha value is 0.140. The Bertz CT molecular complexity index is 403. The molecule has 0 aromatic heterocycles. The Balaban J connectivity index is 2.59. The van der Waals surface area contributed by atoms with E-state index >= 15 is 0 Å². The van der Waals surface area contributed by atoms with E-state index in [4.69, 9.17) is 0 Å². The molecule has 1 atom stereocenters. The van der Waals surface area contributed by atoms with Gasteiger partial charge >= 0.3 is 6.18 Å². The molecule has 1 aliphatic rings. The van der Waals surface area contributed by atoms with Crippen LogP contribution in [0.5, 0.6) is 0 Å². The second kappa shape index (κ2) is 7.42. The van der Waals surface area contributed by atoms with Crippen LogP contribution >= 0.6 is 15.9 Å². The van der Waals surface area contributed by atoms with Crippen molar-refractivity contribution in [2.24, 2.45) is 5.92 Å². The fourth-order valence-corrected chi connectivity index (χ4v) is 3.89. The second-order valence-corrected chi connectivity index (χ2v) is 7.94. The van der Waals surface area contributed by atoms with Gasteiger partial charge in [-0.05, 0) is 18.8 Å². The minimum atomic E-state index is -4.23. The highest BCUT2D eigenvalue weighted by molar-refractivity contribution is 9.09. The lowest BCUT2D eigenvalue weighted by Gasteiger charge is -2.34. The summed E-state index contributed by atoms with van der Waals surface area (Å²) in [6.07, 6.45) is -1.62. The van der Waals surface area contributed by atoms with Crippen LogP contribution in [0.15, 0.2) is 0 Å². The van der Waals surface area contributed by atoms with Crippen LogP contribution in [-0.4, -0.2) is 68.1 Å². The highest BCUT2D eigenvalue weighted by Crippen LogP contribution is 2.22. The molecule has 0 bridgehead atoms. The maximum absolute atomic E-state index is 12.5. The number of hydrogen-bond donors (Lipinski definition) is 0. The van der Waals surface area contributed by atoms with E-state index in [1.165, 1.54) is 9.21 Å². The quantitative estimate of drug-likeness (QED) is 0.661. The number of piperidine rings is 1. The van der Waals surface area contributed by atoms with Gasteiger partial charge in [0.25, 0.3) is 0 Å². The molecular formula is C11H20BrF3N2O2S. The summed E-state index contributed by atoms with van der Waals surface area (Å²) < 4.78 is 61.8. The summed E-state index contributed by atoms with van der Waals surface area (Å²) in [6.45, 7) is 0.405. The molecule has 1 saturated heterocycles. The van der Waals surface area contributed by atoms with Crippen molar-refractivity contribution >= 4 is 26.0 Å². The summed E-state index contributed by atoms with van der Waals surface area (Å²) >= 11 is 3.15. The van der Waals surface area contributed by atoms with Gasteiger partial charge in [0.1, 0.15) is 0 Å². The van der Waals surface area contributed by atoms with Crippen molar-refractivity contribution in [1.82, 2.24) is 9.21 Å². The summed E-state index contributed by atoms with van der Waals surface area (Å²) in [5, 5.41) is 0.464. The molecule has 0 spiro atoms. The van der Waals surface area contributed by atoms with Crippen LogP contribution in [0, 0.1) is 5.92 Å². The lowest BCUT2D eigenvalue weighted by molar-refractivity contribution is -0.146. The normalized spacial score (nSPS) is 22.4.